The van der Waals surface area contributed by atoms with Gasteiger partial charge in [-0.1, -0.05) is 6.92 Å². The Balaban J connectivity index is 1.76. The standard InChI is InChI=1S/C12H20N2O5/c1-8-5-14(6-10(8)11(15)16)12(17)13-4-9-7-18-2-3-19-9/h8-10H,2-7H2,1H3,(H,13,17)(H,15,16). The van der Waals surface area contributed by atoms with Crippen molar-refractivity contribution in [2.24, 2.45) is 11.8 Å². The van der Waals surface area contributed by atoms with Crippen molar-refractivity contribution in [3.8, 4) is 0 Å². The van der Waals surface area contributed by atoms with Crippen molar-refractivity contribution >= 4 is 12.0 Å². The van der Waals surface area contributed by atoms with E-state index in [0.29, 0.717) is 32.9 Å². The number of rotatable bonds is 3. The summed E-state index contributed by atoms with van der Waals surface area (Å²) >= 11 is 0. The Bertz CT molecular complexity index is 343. The molecule has 3 unspecified atom stereocenters. The van der Waals surface area contributed by atoms with Crippen LogP contribution in [0.1, 0.15) is 6.92 Å². The topological polar surface area (TPSA) is 88.1 Å². The van der Waals surface area contributed by atoms with Crippen molar-refractivity contribution in [3.63, 3.8) is 0 Å². The van der Waals surface area contributed by atoms with E-state index >= 15 is 0 Å². The van der Waals surface area contributed by atoms with Crippen molar-refractivity contribution in [1.82, 2.24) is 10.2 Å². The highest BCUT2D eigenvalue weighted by Crippen LogP contribution is 2.22. The van der Waals surface area contributed by atoms with E-state index in [-0.39, 0.29) is 24.6 Å². The van der Waals surface area contributed by atoms with Gasteiger partial charge in [-0.15, -0.1) is 0 Å². The zero-order valence-corrected chi connectivity index (χ0v) is 11.0. The quantitative estimate of drug-likeness (QED) is 0.740. The molecule has 2 heterocycles. The Morgan fingerprint density at radius 2 is 2.16 bits per heavy atom. The fourth-order valence-electron chi connectivity index (χ4n) is 2.42. The second kappa shape index (κ2) is 6.21. The van der Waals surface area contributed by atoms with Gasteiger partial charge in [0.15, 0.2) is 0 Å². The predicted octanol–water partition coefficient (Wildman–Crippen LogP) is -0.236. The van der Waals surface area contributed by atoms with E-state index in [1.54, 1.807) is 4.90 Å². The first-order valence-corrected chi connectivity index (χ1v) is 6.53. The molecule has 0 spiro atoms. The van der Waals surface area contributed by atoms with E-state index < -0.39 is 11.9 Å². The van der Waals surface area contributed by atoms with Crippen LogP contribution in [-0.4, -0.2) is 67.6 Å². The molecule has 108 valence electrons. The minimum Gasteiger partial charge on any atom is -0.481 e. The highest BCUT2D eigenvalue weighted by Gasteiger charge is 2.37. The summed E-state index contributed by atoms with van der Waals surface area (Å²) < 4.78 is 10.7. The number of nitrogens with zero attached hydrogens (tertiary/aromatic N) is 1. The summed E-state index contributed by atoms with van der Waals surface area (Å²) in [5.41, 5.74) is 0. The third kappa shape index (κ3) is 3.57. The molecule has 0 aromatic heterocycles. The normalized spacial score (nSPS) is 31.2. The SMILES string of the molecule is CC1CN(C(=O)NCC2COCCO2)CC1C(=O)O. The van der Waals surface area contributed by atoms with Crippen LogP contribution in [0.15, 0.2) is 0 Å². The third-order valence-corrected chi connectivity index (χ3v) is 3.58. The summed E-state index contributed by atoms with van der Waals surface area (Å²) in [6.45, 7) is 4.60. The van der Waals surface area contributed by atoms with E-state index in [1.807, 2.05) is 6.92 Å². The average molecular weight is 272 g/mol. The highest BCUT2D eigenvalue weighted by atomic mass is 16.6. The molecular formula is C12H20N2O5. The molecule has 0 aromatic carbocycles. The summed E-state index contributed by atoms with van der Waals surface area (Å²) in [6.07, 6.45) is -0.118. The van der Waals surface area contributed by atoms with Crippen LogP contribution in [0.2, 0.25) is 0 Å². The first-order valence-electron chi connectivity index (χ1n) is 6.53. The maximum Gasteiger partial charge on any atom is 0.317 e. The largest absolute Gasteiger partial charge is 0.481 e. The second-order valence-corrected chi connectivity index (χ2v) is 5.08. The van der Waals surface area contributed by atoms with Crippen LogP contribution in [0.3, 0.4) is 0 Å². The smallest absolute Gasteiger partial charge is 0.317 e. The van der Waals surface area contributed by atoms with Crippen LogP contribution < -0.4 is 5.32 Å². The van der Waals surface area contributed by atoms with E-state index in [9.17, 15) is 9.59 Å². The Kier molecular flexibility index (Phi) is 4.60. The van der Waals surface area contributed by atoms with E-state index in [0.717, 1.165) is 0 Å². The van der Waals surface area contributed by atoms with E-state index in [4.69, 9.17) is 14.6 Å². The molecule has 2 amide bonds. The Morgan fingerprint density at radius 3 is 2.74 bits per heavy atom. The van der Waals surface area contributed by atoms with Gasteiger partial charge in [0.2, 0.25) is 0 Å². The highest BCUT2D eigenvalue weighted by molar-refractivity contribution is 5.77. The van der Waals surface area contributed by atoms with Crippen molar-refractivity contribution in [2.75, 3.05) is 39.5 Å². The van der Waals surface area contributed by atoms with Crippen LogP contribution in [-0.2, 0) is 14.3 Å². The second-order valence-electron chi connectivity index (χ2n) is 5.08. The van der Waals surface area contributed by atoms with Gasteiger partial charge in [0, 0.05) is 19.6 Å². The first kappa shape index (κ1) is 14.1. The number of hydrogen-bond acceptors (Lipinski definition) is 4. The molecule has 0 aliphatic carbocycles. The molecule has 3 atom stereocenters. The summed E-state index contributed by atoms with van der Waals surface area (Å²) in [5.74, 6) is -1.33. The molecule has 19 heavy (non-hydrogen) atoms. The van der Waals surface area contributed by atoms with E-state index in [2.05, 4.69) is 5.32 Å². The molecule has 7 heteroatoms. The molecular weight excluding hydrogens is 252 g/mol. The lowest BCUT2D eigenvalue weighted by atomic mass is 9.99. The minimum absolute atomic E-state index is 0.0162. The molecule has 0 aromatic rings. The average Bonchev–Trinajstić information content (AvgIpc) is 2.79. The van der Waals surface area contributed by atoms with Crippen LogP contribution in [0.5, 0.6) is 0 Å². The number of carbonyl (C=O) groups excluding carboxylic acids is 1. The van der Waals surface area contributed by atoms with E-state index in [1.165, 1.54) is 0 Å². The summed E-state index contributed by atoms with van der Waals surface area (Å²) in [6, 6.07) is -0.232. The zero-order chi connectivity index (χ0) is 13.8. The number of carbonyl (C=O) groups is 2. The Morgan fingerprint density at radius 1 is 1.37 bits per heavy atom. The van der Waals surface area contributed by atoms with Gasteiger partial charge in [0.25, 0.3) is 0 Å². The van der Waals surface area contributed by atoms with Crippen molar-refractivity contribution in [1.29, 1.82) is 0 Å². The van der Waals surface area contributed by atoms with Crippen molar-refractivity contribution < 1.29 is 24.2 Å². The number of likely N-dealkylation sites (tertiary alicyclic amines) is 1. The lowest BCUT2D eigenvalue weighted by Gasteiger charge is -2.24. The van der Waals surface area contributed by atoms with Gasteiger partial charge in [-0.05, 0) is 5.92 Å². The van der Waals surface area contributed by atoms with Crippen molar-refractivity contribution in [2.45, 2.75) is 13.0 Å². The van der Waals surface area contributed by atoms with Gasteiger partial charge in [0.05, 0.1) is 31.8 Å². The Labute approximate surface area is 111 Å². The number of carboxylic acid groups (broad SMARTS) is 1. The van der Waals surface area contributed by atoms with Crippen LogP contribution in [0.4, 0.5) is 4.79 Å². The lowest BCUT2D eigenvalue weighted by molar-refractivity contribution is -0.142. The van der Waals surface area contributed by atoms with Gasteiger partial charge >= 0.3 is 12.0 Å². The molecule has 0 radical (unpaired) electrons. The van der Waals surface area contributed by atoms with Crippen molar-refractivity contribution in [3.05, 3.63) is 0 Å². The molecule has 2 fully saturated rings. The van der Waals surface area contributed by atoms with Gasteiger partial charge in [-0.25, -0.2) is 4.79 Å². The number of urea groups is 1. The fraction of sp³-hybridized carbons (Fsp3) is 0.833. The molecule has 2 N–H and O–H groups in total. The molecule has 2 saturated heterocycles. The van der Waals surface area contributed by atoms with Gasteiger partial charge in [-0.2, -0.15) is 0 Å². The third-order valence-electron chi connectivity index (χ3n) is 3.58. The summed E-state index contributed by atoms with van der Waals surface area (Å²) in [5, 5.41) is 11.8. The molecule has 2 aliphatic heterocycles. The molecule has 2 rings (SSSR count). The van der Waals surface area contributed by atoms with Crippen LogP contribution in [0.25, 0.3) is 0 Å². The lowest BCUT2D eigenvalue weighted by Crippen LogP contribution is -2.45. The fourth-order valence-corrected chi connectivity index (χ4v) is 2.42. The van der Waals surface area contributed by atoms with Gasteiger partial charge in [-0.3, -0.25) is 4.79 Å². The predicted molar refractivity (Wildman–Crippen MR) is 65.8 cm³/mol. The summed E-state index contributed by atoms with van der Waals surface area (Å²) in [4.78, 5) is 24.5. The number of ether oxygens (including phenoxy) is 2. The Hall–Kier alpha value is -1.34. The first-order chi connectivity index (χ1) is 9.08. The van der Waals surface area contributed by atoms with Crippen LogP contribution >= 0.6 is 0 Å². The van der Waals surface area contributed by atoms with Gasteiger partial charge < -0.3 is 24.8 Å². The zero-order valence-electron chi connectivity index (χ0n) is 11.0. The number of hydrogen-bond donors (Lipinski definition) is 2. The molecule has 7 nitrogen and oxygen atoms in total. The number of carboxylic acids is 1. The molecule has 2 aliphatic rings. The number of amides is 2. The number of nitrogens with one attached hydrogen (secondary N) is 1. The maximum atomic E-state index is 11.9. The maximum absolute atomic E-state index is 11.9. The number of aliphatic carboxylic acids is 1. The molecule has 0 saturated carbocycles. The van der Waals surface area contributed by atoms with Crippen LogP contribution in [0, 0.1) is 11.8 Å². The molecule has 0 bridgehead atoms. The summed E-state index contributed by atoms with van der Waals surface area (Å²) in [7, 11) is 0. The monoisotopic (exact) mass is 272 g/mol. The van der Waals surface area contributed by atoms with Gasteiger partial charge in [0.1, 0.15) is 0 Å². The minimum atomic E-state index is -0.841.